The number of hydrogen-bond acceptors (Lipinski definition) is 2. The minimum atomic E-state index is -0.0686. The summed E-state index contributed by atoms with van der Waals surface area (Å²) < 4.78 is 0. The maximum Gasteiger partial charge on any atom is 0.120 e. The second-order valence-corrected chi connectivity index (χ2v) is 0.710. The molecule has 0 fully saturated rings. The largest absolute Gasteiger partial charge is 0.376 e. The lowest BCUT2D eigenvalue weighted by atomic mass is 10.8. The minimum absolute atomic E-state index is 0.0686. The molecule has 0 radical (unpaired) electrons. The van der Waals surface area contributed by atoms with Gasteiger partial charge in [-0.15, -0.1) is 0 Å². The van der Waals surface area contributed by atoms with Gasteiger partial charge in [0.15, 0.2) is 0 Å². The van der Waals surface area contributed by atoms with Crippen LogP contribution in [0.25, 0.3) is 0 Å². The first-order valence-electron chi connectivity index (χ1n) is 1.67. The van der Waals surface area contributed by atoms with Gasteiger partial charge in [0.1, 0.15) is 6.73 Å². The molecule has 6 heavy (non-hydrogen) atoms. The fourth-order valence-corrected chi connectivity index (χ4v) is 0.128. The first-order valence-corrected chi connectivity index (χ1v) is 1.67. The van der Waals surface area contributed by atoms with E-state index in [0.29, 0.717) is 0 Å². The molecule has 0 atom stereocenters. The van der Waals surface area contributed by atoms with Gasteiger partial charge in [-0.25, -0.2) is 0 Å². The van der Waals surface area contributed by atoms with Crippen LogP contribution in [-0.4, -0.2) is 11.8 Å². The molecule has 0 spiro atoms. The van der Waals surface area contributed by atoms with E-state index >= 15 is 0 Å². The third-order valence-electron chi connectivity index (χ3n) is 0.292. The van der Waals surface area contributed by atoms with Crippen molar-refractivity contribution in [2.45, 2.75) is 6.92 Å². The van der Waals surface area contributed by atoms with Gasteiger partial charge in [-0.2, -0.15) is 0 Å². The van der Waals surface area contributed by atoms with Gasteiger partial charge >= 0.3 is 0 Å². The molecule has 0 unspecified atom stereocenters. The lowest BCUT2D eigenvalue weighted by molar-refractivity contribution is 0.283. The van der Waals surface area contributed by atoms with Crippen molar-refractivity contribution >= 4 is 0 Å². The molecule has 34 valence electrons. The number of hydrogen-bond donors (Lipinski definition) is 2. The Balaban J connectivity index is 2.79. The van der Waals surface area contributed by atoms with E-state index in [2.05, 4.69) is 17.3 Å². The summed E-state index contributed by atoms with van der Waals surface area (Å²) in [6.07, 6.45) is 0. The van der Waals surface area contributed by atoms with E-state index in [4.69, 9.17) is 5.11 Å². The van der Waals surface area contributed by atoms with Crippen LogP contribution < -0.4 is 5.32 Å². The number of rotatable bonds is 1. The minimum Gasteiger partial charge on any atom is -0.376 e. The Labute approximate surface area is 37.2 Å². The topological polar surface area (TPSA) is 32.3 Å². The molecule has 0 aliphatic rings. The molecular weight excluding hydrogens is 78.0 g/mol. The van der Waals surface area contributed by atoms with Gasteiger partial charge in [0.25, 0.3) is 0 Å². The molecule has 0 aromatic carbocycles. The molecule has 0 aliphatic heterocycles. The molecule has 0 amide bonds. The van der Waals surface area contributed by atoms with Crippen LogP contribution in [0.5, 0.6) is 0 Å². The summed E-state index contributed by atoms with van der Waals surface area (Å²) in [4.78, 5) is 0. The van der Waals surface area contributed by atoms with Crippen molar-refractivity contribution < 1.29 is 5.11 Å². The molecule has 0 aliphatic carbocycles. The molecule has 0 bridgehead atoms. The Morgan fingerprint density at radius 1 is 1.83 bits per heavy atom. The highest BCUT2D eigenvalue weighted by atomic mass is 16.3. The highest BCUT2D eigenvalue weighted by Crippen LogP contribution is 1.41. The predicted molar refractivity (Wildman–Crippen MR) is 23.7 cm³/mol. The Morgan fingerprint density at radius 3 is 2.67 bits per heavy atom. The van der Waals surface area contributed by atoms with Crippen molar-refractivity contribution in [3.05, 3.63) is 0 Å². The van der Waals surface area contributed by atoms with E-state index in [0.717, 1.165) is 0 Å². The normalized spacial score (nSPS) is 5.67. The summed E-state index contributed by atoms with van der Waals surface area (Å²) in [7, 11) is 0. The number of aliphatic hydroxyl groups is 1. The molecule has 2 N–H and O–H groups in total. The van der Waals surface area contributed by atoms with Gasteiger partial charge in [-0.3, -0.25) is 0 Å². The number of nitrogens with one attached hydrogen (secondary N) is 1. The maximum absolute atomic E-state index is 7.98. The summed E-state index contributed by atoms with van der Waals surface area (Å²) in [6, 6.07) is 2.45. The molecular formula is C4H7NO. The van der Waals surface area contributed by atoms with Crippen molar-refractivity contribution in [1.82, 2.24) is 5.32 Å². The van der Waals surface area contributed by atoms with Crippen LogP contribution >= 0.6 is 0 Å². The molecule has 0 saturated heterocycles. The molecule has 0 heterocycles. The van der Waals surface area contributed by atoms with Crippen LogP contribution in [0.4, 0.5) is 0 Å². The standard InChI is InChI=1S/C4H7NO/c1-2-3-5-4-6/h5-6H,4H2,1H3. The fraction of sp³-hybridized carbons (Fsp3) is 0.500. The van der Waals surface area contributed by atoms with Gasteiger partial charge < -0.3 is 10.4 Å². The fourth-order valence-electron chi connectivity index (χ4n) is 0.128. The van der Waals surface area contributed by atoms with Crippen molar-refractivity contribution in [1.29, 1.82) is 0 Å². The first kappa shape index (κ1) is 5.32. The summed E-state index contributed by atoms with van der Waals surface area (Å²) in [6.45, 7) is 1.63. The maximum atomic E-state index is 7.98. The summed E-state index contributed by atoms with van der Waals surface area (Å²) in [5, 5.41) is 10.4. The third kappa shape index (κ3) is 3.32. The highest BCUT2D eigenvalue weighted by Gasteiger charge is 1.57. The Hall–Kier alpha value is -0.680. The second-order valence-electron chi connectivity index (χ2n) is 0.710. The van der Waals surface area contributed by atoms with Gasteiger partial charge in [0, 0.05) is 6.04 Å². The average molecular weight is 85.1 g/mol. The van der Waals surface area contributed by atoms with Crippen LogP contribution in [0.2, 0.25) is 0 Å². The zero-order valence-corrected chi connectivity index (χ0v) is 3.65. The smallest absolute Gasteiger partial charge is 0.120 e. The summed E-state index contributed by atoms with van der Waals surface area (Å²) in [5.74, 6) is 2.55. The molecule has 0 saturated carbocycles. The van der Waals surface area contributed by atoms with Crippen molar-refractivity contribution in [3.8, 4) is 12.0 Å². The van der Waals surface area contributed by atoms with E-state index < -0.39 is 0 Å². The SMILES string of the molecule is CC#CNCO. The second kappa shape index (κ2) is 4.32. The van der Waals surface area contributed by atoms with E-state index in [9.17, 15) is 0 Å². The van der Waals surface area contributed by atoms with Gasteiger partial charge in [0.2, 0.25) is 0 Å². The van der Waals surface area contributed by atoms with E-state index in [-0.39, 0.29) is 6.73 Å². The lowest BCUT2D eigenvalue weighted by Crippen LogP contribution is -2.04. The van der Waals surface area contributed by atoms with E-state index in [1.54, 1.807) is 6.92 Å². The monoisotopic (exact) mass is 85.1 g/mol. The van der Waals surface area contributed by atoms with E-state index in [1.807, 2.05) is 0 Å². The van der Waals surface area contributed by atoms with Gasteiger partial charge in [-0.05, 0) is 6.92 Å². The summed E-state index contributed by atoms with van der Waals surface area (Å²) in [5.41, 5.74) is 0. The first-order chi connectivity index (χ1) is 2.91. The zero-order chi connectivity index (χ0) is 4.83. The Morgan fingerprint density at radius 2 is 2.50 bits per heavy atom. The quantitative estimate of drug-likeness (QED) is 0.256. The molecule has 0 aromatic rings. The van der Waals surface area contributed by atoms with E-state index in [1.165, 1.54) is 0 Å². The third-order valence-corrected chi connectivity index (χ3v) is 0.292. The summed E-state index contributed by atoms with van der Waals surface area (Å²) >= 11 is 0. The molecule has 2 heteroatoms. The van der Waals surface area contributed by atoms with Crippen LogP contribution in [-0.2, 0) is 0 Å². The van der Waals surface area contributed by atoms with Gasteiger partial charge in [0.05, 0.1) is 0 Å². The zero-order valence-electron chi connectivity index (χ0n) is 3.65. The molecule has 2 nitrogen and oxygen atoms in total. The average Bonchev–Trinajstić information content (AvgIpc) is 1.61. The van der Waals surface area contributed by atoms with Crippen LogP contribution in [0.15, 0.2) is 0 Å². The van der Waals surface area contributed by atoms with Crippen LogP contribution in [0.3, 0.4) is 0 Å². The van der Waals surface area contributed by atoms with Crippen LogP contribution in [0.1, 0.15) is 6.92 Å². The Kier molecular flexibility index (Phi) is 3.83. The molecule has 0 aromatic heterocycles. The Bertz CT molecular complexity index is 69.4. The molecule has 0 rings (SSSR count). The highest BCUT2D eigenvalue weighted by molar-refractivity contribution is 4.90. The predicted octanol–water partition coefficient (Wildman–Crippen LogP) is -0.493. The van der Waals surface area contributed by atoms with Crippen molar-refractivity contribution in [2.24, 2.45) is 0 Å². The van der Waals surface area contributed by atoms with Gasteiger partial charge in [-0.1, -0.05) is 5.92 Å². The van der Waals surface area contributed by atoms with Crippen molar-refractivity contribution in [2.75, 3.05) is 6.73 Å². The van der Waals surface area contributed by atoms with Crippen molar-refractivity contribution in [3.63, 3.8) is 0 Å². The number of aliphatic hydroxyl groups excluding tert-OH is 1. The van der Waals surface area contributed by atoms with Crippen LogP contribution in [0, 0.1) is 12.0 Å². The lowest BCUT2D eigenvalue weighted by Gasteiger charge is -1.80.